The minimum Gasteiger partial charge on any atom is -0.495 e. The van der Waals surface area contributed by atoms with E-state index in [1.807, 2.05) is 0 Å². The van der Waals surface area contributed by atoms with Crippen LogP contribution in [0, 0.1) is 0 Å². The summed E-state index contributed by atoms with van der Waals surface area (Å²) in [5.41, 5.74) is 0.440. The van der Waals surface area contributed by atoms with Crippen molar-refractivity contribution in [3.05, 3.63) is 68.7 Å². The van der Waals surface area contributed by atoms with Crippen LogP contribution in [0.15, 0.2) is 56.8 Å². The number of halogens is 1. The molecule has 1 aliphatic heterocycles. The molecule has 4 rings (SSSR count). The highest BCUT2D eigenvalue weighted by atomic mass is 79.9. The van der Waals surface area contributed by atoms with Crippen molar-refractivity contribution in [2.75, 3.05) is 20.2 Å². The van der Waals surface area contributed by atoms with Crippen LogP contribution in [0.3, 0.4) is 0 Å². The number of hydrogen-bond donors (Lipinski definition) is 0. The van der Waals surface area contributed by atoms with E-state index in [9.17, 15) is 18.0 Å². The molecular weight excluding hydrogens is 502 g/mol. The lowest BCUT2D eigenvalue weighted by molar-refractivity contribution is 0.0467. The maximum atomic E-state index is 13.0. The summed E-state index contributed by atoms with van der Waals surface area (Å²) in [7, 11) is -2.42. The van der Waals surface area contributed by atoms with Crippen molar-refractivity contribution in [2.24, 2.45) is 0 Å². The van der Waals surface area contributed by atoms with Crippen LogP contribution in [0.25, 0.3) is 5.65 Å². The van der Waals surface area contributed by atoms with Crippen molar-refractivity contribution in [1.29, 1.82) is 0 Å². The Bertz CT molecular complexity index is 1350. The van der Waals surface area contributed by atoms with Crippen LogP contribution in [-0.2, 0) is 21.4 Å². The second-order valence-electron chi connectivity index (χ2n) is 7.21. The van der Waals surface area contributed by atoms with Crippen LogP contribution in [-0.4, -0.2) is 48.3 Å². The summed E-state index contributed by atoms with van der Waals surface area (Å²) < 4.78 is 40.0. The number of carbonyl (C=O) groups is 1. The van der Waals surface area contributed by atoms with Crippen molar-refractivity contribution < 1.29 is 22.7 Å². The highest BCUT2D eigenvalue weighted by Gasteiger charge is 2.30. The third-order valence-electron chi connectivity index (χ3n) is 5.11. The SMILES string of the molecule is COc1ccc(C(=O)OCc2cc(=O)n3cc(Br)ccc3n2)cc1S(=O)(=O)N1CCCC1. The molecule has 168 valence electrons. The van der Waals surface area contributed by atoms with Gasteiger partial charge in [-0.2, -0.15) is 4.31 Å². The van der Waals surface area contributed by atoms with Gasteiger partial charge >= 0.3 is 5.97 Å². The maximum absolute atomic E-state index is 13.0. The molecule has 0 aliphatic carbocycles. The number of sulfonamides is 1. The summed E-state index contributed by atoms with van der Waals surface area (Å²) in [6, 6.07) is 8.81. The quantitative estimate of drug-likeness (QED) is 0.458. The Labute approximate surface area is 192 Å². The molecule has 0 atom stereocenters. The van der Waals surface area contributed by atoms with Crippen LogP contribution in [0.4, 0.5) is 0 Å². The largest absolute Gasteiger partial charge is 0.495 e. The summed E-state index contributed by atoms with van der Waals surface area (Å²) in [4.78, 5) is 29.2. The van der Waals surface area contributed by atoms with E-state index in [2.05, 4.69) is 20.9 Å². The molecule has 1 saturated heterocycles. The standard InChI is InChI=1S/C21H20BrN3O6S/c1-30-17-6-4-14(10-18(17)32(28,29)24-8-2-3-9-24)21(27)31-13-16-11-20(26)25-12-15(22)5-7-19(25)23-16/h4-7,10-12H,2-3,8-9,13H2,1H3. The fourth-order valence-electron chi connectivity index (χ4n) is 3.50. The topological polar surface area (TPSA) is 107 Å². The lowest BCUT2D eigenvalue weighted by atomic mass is 10.2. The maximum Gasteiger partial charge on any atom is 0.338 e. The van der Waals surface area contributed by atoms with Crippen molar-refractivity contribution in [1.82, 2.24) is 13.7 Å². The minimum absolute atomic E-state index is 0.0602. The van der Waals surface area contributed by atoms with Crippen molar-refractivity contribution in [3.63, 3.8) is 0 Å². The number of rotatable bonds is 6. The lowest BCUT2D eigenvalue weighted by Gasteiger charge is -2.18. The van der Waals surface area contributed by atoms with Gasteiger partial charge in [0.25, 0.3) is 5.56 Å². The molecule has 11 heteroatoms. The Kier molecular flexibility index (Phi) is 6.31. The van der Waals surface area contributed by atoms with Gasteiger partial charge in [-0.15, -0.1) is 0 Å². The fraction of sp³-hybridized carbons (Fsp3) is 0.286. The number of fused-ring (bicyclic) bond motifs is 1. The van der Waals surface area contributed by atoms with Gasteiger partial charge in [-0.25, -0.2) is 18.2 Å². The first-order valence-corrected chi connectivity index (χ1v) is 12.1. The third kappa shape index (κ3) is 4.41. The number of hydrogen-bond acceptors (Lipinski definition) is 7. The zero-order valence-corrected chi connectivity index (χ0v) is 19.6. The number of benzene rings is 1. The molecule has 3 aromatic rings. The van der Waals surface area contributed by atoms with Gasteiger partial charge in [0.2, 0.25) is 10.0 Å². The number of methoxy groups -OCH3 is 1. The van der Waals surface area contributed by atoms with Gasteiger partial charge in [0, 0.05) is 29.8 Å². The van der Waals surface area contributed by atoms with E-state index in [0.717, 1.165) is 17.3 Å². The molecule has 1 fully saturated rings. The molecule has 0 unspecified atom stereocenters. The monoisotopic (exact) mass is 521 g/mol. The molecule has 9 nitrogen and oxygen atoms in total. The zero-order valence-electron chi connectivity index (χ0n) is 17.2. The molecule has 1 aliphatic rings. The van der Waals surface area contributed by atoms with Crippen molar-refractivity contribution in [2.45, 2.75) is 24.3 Å². The van der Waals surface area contributed by atoms with Crippen LogP contribution in [0.2, 0.25) is 0 Å². The van der Waals surface area contributed by atoms with Gasteiger partial charge < -0.3 is 9.47 Å². The number of ether oxygens (including phenoxy) is 2. The number of pyridine rings is 1. The summed E-state index contributed by atoms with van der Waals surface area (Å²) in [6.45, 7) is 0.626. The Morgan fingerprint density at radius 2 is 1.91 bits per heavy atom. The van der Waals surface area contributed by atoms with Gasteiger partial charge in [0.15, 0.2) is 0 Å². The van der Waals surface area contributed by atoms with Gasteiger partial charge in [0.05, 0.1) is 18.4 Å². The second kappa shape index (κ2) is 9.00. The van der Waals surface area contributed by atoms with E-state index < -0.39 is 16.0 Å². The number of carbonyl (C=O) groups excluding carboxylic acids is 1. The van der Waals surface area contributed by atoms with Gasteiger partial charge in [-0.05, 0) is 59.1 Å². The molecule has 0 N–H and O–H groups in total. The fourth-order valence-corrected chi connectivity index (χ4v) is 5.53. The van der Waals surface area contributed by atoms with E-state index in [0.29, 0.717) is 18.7 Å². The van der Waals surface area contributed by atoms with Gasteiger partial charge in [-0.3, -0.25) is 9.20 Å². The predicted molar refractivity (Wildman–Crippen MR) is 119 cm³/mol. The Morgan fingerprint density at radius 3 is 2.62 bits per heavy atom. The van der Waals surface area contributed by atoms with E-state index in [-0.39, 0.29) is 34.1 Å². The number of aromatic nitrogens is 2. The molecule has 0 saturated carbocycles. The third-order valence-corrected chi connectivity index (χ3v) is 7.50. The molecule has 1 aromatic carbocycles. The first-order chi connectivity index (χ1) is 15.3. The van der Waals surface area contributed by atoms with Crippen molar-refractivity contribution >= 4 is 37.6 Å². The molecule has 32 heavy (non-hydrogen) atoms. The summed E-state index contributed by atoms with van der Waals surface area (Å²) in [5, 5.41) is 0. The second-order valence-corrected chi connectivity index (χ2v) is 10.0. The average Bonchev–Trinajstić information content (AvgIpc) is 3.33. The molecule has 3 heterocycles. The highest BCUT2D eigenvalue weighted by molar-refractivity contribution is 9.10. The molecule has 0 bridgehead atoms. The van der Waals surface area contributed by atoms with E-state index in [1.54, 1.807) is 18.3 Å². The Hall–Kier alpha value is -2.76. The predicted octanol–water partition coefficient (Wildman–Crippen LogP) is 2.61. The summed E-state index contributed by atoms with van der Waals surface area (Å²) in [6.07, 6.45) is 3.18. The Balaban J connectivity index is 1.57. The highest BCUT2D eigenvalue weighted by Crippen LogP contribution is 2.30. The van der Waals surface area contributed by atoms with E-state index in [1.165, 1.54) is 40.1 Å². The Morgan fingerprint density at radius 1 is 1.16 bits per heavy atom. The number of nitrogens with zero attached hydrogens (tertiary/aromatic N) is 3. The van der Waals surface area contributed by atoms with Crippen LogP contribution < -0.4 is 10.3 Å². The molecular formula is C21H20BrN3O6S. The smallest absolute Gasteiger partial charge is 0.338 e. The molecule has 0 amide bonds. The molecule has 0 spiro atoms. The minimum atomic E-state index is -3.80. The normalized spacial score (nSPS) is 14.6. The van der Waals surface area contributed by atoms with Crippen LogP contribution >= 0.6 is 15.9 Å². The average molecular weight is 522 g/mol. The van der Waals surface area contributed by atoms with E-state index in [4.69, 9.17) is 9.47 Å². The van der Waals surface area contributed by atoms with Crippen LogP contribution in [0.5, 0.6) is 5.75 Å². The van der Waals surface area contributed by atoms with Gasteiger partial charge in [-0.1, -0.05) is 0 Å². The zero-order chi connectivity index (χ0) is 22.9. The summed E-state index contributed by atoms with van der Waals surface area (Å²) in [5.74, 6) is -0.577. The van der Waals surface area contributed by atoms with Gasteiger partial charge in [0.1, 0.15) is 22.9 Å². The van der Waals surface area contributed by atoms with Crippen molar-refractivity contribution in [3.8, 4) is 5.75 Å². The molecule has 2 aromatic heterocycles. The van der Waals surface area contributed by atoms with Crippen LogP contribution in [0.1, 0.15) is 28.9 Å². The summed E-state index contributed by atoms with van der Waals surface area (Å²) >= 11 is 3.30. The lowest BCUT2D eigenvalue weighted by Crippen LogP contribution is -2.28. The first kappa shape index (κ1) is 22.4. The van der Waals surface area contributed by atoms with E-state index >= 15 is 0 Å². The molecule has 0 radical (unpaired) electrons. The number of esters is 1. The first-order valence-electron chi connectivity index (χ1n) is 9.83.